The van der Waals surface area contributed by atoms with Crippen molar-refractivity contribution in [3.8, 4) is 5.75 Å². The van der Waals surface area contributed by atoms with Gasteiger partial charge in [0, 0.05) is 18.7 Å². The first-order chi connectivity index (χ1) is 9.80. The van der Waals surface area contributed by atoms with Crippen LogP contribution in [0.4, 0.5) is 0 Å². The first kappa shape index (κ1) is 16.2. The summed E-state index contributed by atoms with van der Waals surface area (Å²) in [6.45, 7) is 11.0. The zero-order chi connectivity index (χ0) is 14.6. The molecule has 0 saturated heterocycles. The number of ether oxygens (including phenoxy) is 1. The number of hydrogen-bond donors (Lipinski definition) is 0. The quantitative estimate of drug-likeness (QED) is 0.352. The van der Waals surface area contributed by atoms with Crippen LogP contribution in [0.5, 0.6) is 5.75 Å². The number of aldehydes is 1. The lowest BCUT2D eigenvalue weighted by Gasteiger charge is -2.18. The van der Waals surface area contributed by atoms with Gasteiger partial charge in [-0.1, -0.05) is 12.2 Å². The van der Waals surface area contributed by atoms with Gasteiger partial charge >= 0.3 is 0 Å². The third-order valence-corrected chi connectivity index (χ3v) is 2.93. The highest BCUT2D eigenvalue weighted by Crippen LogP contribution is 2.11. The second kappa shape index (κ2) is 9.98. The van der Waals surface area contributed by atoms with Crippen LogP contribution in [-0.4, -0.2) is 37.4 Å². The Morgan fingerprint density at radius 3 is 2.25 bits per heavy atom. The standard InChI is InChI=1S/C17H23NO2/c1-3-11-18(12-4-2)13-5-6-14-20-17-9-7-16(15-19)8-10-17/h3-4,7-10,15H,1-2,5-6,11-14H2. The molecule has 0 amide bonds. The molecule has 0 fully saturated rings. The monoisotopic (exact) mass is 273 g/mol. The van der Waals surface area contributed by atoms with Crippen LogP contribution in [0.1, 0.15) is 23.2 Å². The third-order valence-electron chi connectivity index (χ3n) is 2.93. The van der Waals surface area contributed by atoms with E-state index in [0.717, 1.165) is 44.5 Å². The molecule has 0 spiro atoms. The van der Waals surface area contributed by atoms with Crippen molar-refractivity contribution in [2.45, 2.75) is 12.8 Å². The highest BCUT2D eigenvalue weighted by Gasteiger charge is 2.00. The van der Waals surface area contributed by atoms with Crippen molar-refractivity contribution in [3.63, 3.8) is 0 Å². The van der Waals surface area contributed by atoms with Crippen molar-refractivity contribution in [1.29, 1.82) is 0 Å². The predicted octanol–water partition coefficient (Wildman–Crippen LogP) is 3.33. The lowest BCUT2D eigenvalue weighted by Crippen LogP contribution is -2.25. The molecule has 0 aliphatic rings. The summed E-state index contributed by atoms with van der Waals surface area (Å²) < 4.78 is 5.63. The molecule has 0 unspecified atom stereocenters. The van der Waals surface area contributed by atoms with Crippen LogP contribution >= 0.6 is 0 Å². The summed E-state index contributed by atoms with van der Waals surface area (Å²) >= 11 is 0. The van der Waals surface area contributed by atoms with Gasteiger partial charge in [-0.2, -0.15) is 0 Å². The molecule has 20 heavy (non-hydrogen) atoms. The van der Waals surface area contributed by atoms with E-state index < -0.39 is 0 Å². The molecule has 0 saturated carbocycles. The highest BCUT2D eigenvalue weighted by molar-refractivity contribution is 5.74. The van der Waals surface area contributed by atoms with E-state index in [1.165, 1.54) is 0 Å². The van der Waals surface area contributed by atoms with Gasteiger partial charge in [0.15, 0.2) is 0 Å². The first-order valence-corrected chi connectivity index (χ1v) is 6.92. The van der Waals surface area contributed by atoms with E-state index in [1.807, 2.05) is 24.3 Å². The Kier molecular flexibility index (Phi) is 8.08. The second-order valence-corrected chi connectivity index (χ2v) is 4.58. The maximum Gasteiger partial charge on any atom is 0.150 e. The van der Waals surface area contributed by atoms with E-state index in [4.69, 9.17) is 4.74 Å². The molecular formula is C17H23NO2. The topological polar surface area (TPSA) is 29.5 Å². The number of carbonyl (C=O) groups is 1. The first-order valence-electron chi connectivity index (χ1n) is 6.92. The van der Waals surface area contributed by atoms with Gasteiger partial charge in [-0.05, 0) is 43.7 Å². The Morgan fingerprint density at radius 1 is 1.05 bits per heavy atom. The minimum Gasteiger partial charge on any atom is -0.494 e. The van der Waals surface area contributed by atoms with Crippen molar-refractivity contribution < 1.29 is 9.53 Å². The minimum absolute atomic E-state index is 0.668. The molecule has 0 atom stereocenters. The summed E-state index contributed by atoms with van der Waals surface area (Å²) in [5.74, 6) is 0.810. The Balaban J connectivity index is 2.18. The van der Waals surface area contributed by atoms with E-state index in [2.05, 4.69) is 18.1 Å². The number of unbranched alkanes of at least 4 members (excludes halogenated alkanes) is 1. The van der Waals surface area contributed by atoms with Crippen LogP contribution in [0.25, 0.3) is 0 Å². The fourth-order valence-electron chi connectivity index (χ4n) is 1.89. The number of hydrogen-bond acceptors (Lipinski definition) is 3. The SMILES string of the molecule is C=CCN(CC=C)CCCCOc1ccc(C=O)cc1. The lowest BCUT2D eigenvalue weighted by molar-refractivity contribution is 0.112. The Bertz CT molecular complexity index is 402. The van der Waals surface area contributed by atoms with Gasteiger partial charge in [-0.3, -0.25) is 9.69 Å². The van der Waals surface area contributed by atoms with Crippen LogP contribution in [0, 0.1) is 0 Å². The molecule has 0 heterocycles. The molecule has 108 valence electrons. The minimum atomic E-state index is 0.668. The number of rotatable bonds is 11. The smallest absolute Gasteiger partial charge is 0.150 e. The van der Waals surface area contributed by atoms with Gasteiger partial charge in [0.05, 0.1) is 6.61 Å². The van der Waals surface area contributed by atoms with Crippen molar-refractivity contribution in [3.05, 3.63) is 55.1 Å². The Morgan fingerprint density at radius 2 is 1.70 bits per heavy atom. The molecule has 3 nitrogen and oxygen atoms in total. The number of carbonyl (C=O) groups excluding carboxylic acids is 1. The summed E-state index contributed by atoms with van der Waals surface area (Å²) in [6, 6.07) is 7.17. The van der Waals surface area contributed by atoms with Crippen LogP contribution in [0.3, 0.4) is 0 Å². The fraction of sp³-hybridized carbons (Fsp3) is 0.353. The van der Waals surface area contributed by atoms with Crippen LogP contribution in [0.2, 0.25) is 0 Å². The third kappa shape index (κ3) is 6.34. The molecule has 0 N–H and O–H groups in total. The van der Waals surface area contributed by atoms with Crippen LogP contribution < -0.4 is 4.74 Å². The number of nitrogens with zero attached hydrogens (tertiary/aromatic N) is 1. The van der Waals surface area contributed by atoms with Gasteiger partial charge in [0.25, 0.3) is 0 Å². The summed E-state index contributed by atoms with van der Waals surface area (Å²) in [6.07, 6.45) is 6.73. The van der Waals surface area contributed by atoms with Crippen molar-refractivity contribution in [2.75, 3.05) is 26.2 Å². The molecule has 3 heteroatoms. The van der Waals surface area contributed by atoms with Crippen molar-refractivity contribution >= 4 is 6.29 Å². The maximum atomic E-state index is 10.5. The molecule has 0 aliphatic carbocycles. The summed E-state index contributed by atoms with van der Waals surface area (Å²) in [7, 11) is 0. The van der Waals surface area contributed by atoms with Gasteiger partial charge in [0.1, 0.15) is 12.0 Å². The summed E-state index contributed by atoms with van der Waals surface area (Å²) in [5, 5.41) is 0. The number of benzene rings is 1. The maximum absolute atomic E-state index is 10.5. The average Bonchev–Trinajstić information content (AvgIpc) is 2.48. The van der Waals surface area contributed by atoms with E-state index in [1.54, 1.807) is 12.1 Å². The molecule has 1 aromatic carbocycles. The molecule has 0 aliphatic heterocycles. The van der Waals surface area contributed by atoms with Crippen LogP contribution in [0.15, 0.2) is 49.6 Å². The second-order valence-electron chi connectivity index (χ2n) is 4.58. The van der Waals surface area contributed by atoms with Gasteiger partial charge in [0.2, 0.25) is 0 Å². The van der Waals surface area contributed by atoms with Crippen LogP contribution in [-0.2, 0) is 0 Å². The fourth-order valence-corrected chi connectivity index (χ4v) is 1.89. The summed E-state index contributed by atoms with van der Waals surface area (Å²) in [5.41, 5.74) is 0.668. The van der Waals surface area contributed by atoms with E-state index >= 15 is 0 Å². The predicted molar refractivity (Wildman–Crippen MR) is 83.4 cm³/mol. The van der Waals surface area contributed by atoms with E-state index in [0.29, 0.717) is 12.2 Å². The van der Waals surface area contributed by atoms with E-state index in [9.17, 15) is 4.79 Å². The molecule has 0 radical (unpaired) electrons. The van der Waals surface area contributed by atoms with E-state index in [-0.39, 0.29) is 0 Å². The normalized spacial score (nSPS) is 10.2. The van der Waals surface area contributed by atoms with Crippen molar-refractivity contribution in [2.24, 2.45) is 0 Å². The lowest BCUT2D eigenvalue weighted by atomic mass is 10.2. The highest BCUT2D eigenvalue weighted by atomic mass is 16.5. The Hall–Kier alpha value is -1.87. The summed E-state index contributed by atoms with van der Waals surface area (Å²) in [4.78, 5) is 12.8. The molecule has 1 aromatic rings. The van der Waals surface area contributed by atoms with Gasteiger partial charge < -0.3 is 4.74 Å². The largest absolute Gasteiger partial charge is 0.494 e. The zero-order valence-corrected chi connectivity index (χ0v) is 12.0. The van der Waals surface area contributed by atoms with Gasteiger partial charge in [-0.15, -0.1) is 13.2 Å². The molecule has 0 aromatic heterocycles. The molecule has 0 bridgehead atoms. The Labute approximate surface area is 121 Å². The van der Waals surface area contributed by atoms with Gasteiger partial charge in [-0.25, -0.2) is 0 Å². The molecule has 1 rings (SSSR count). The van der Waals surface area contributed by atoms with Crippen molar-refractivity contribution in [1.82, 2.24) is 4.90 Å². The average molecular weight is 273 g/mol. The zero-order valence-electron chi connectivity index (χ0n) is 12.0. The molecular weight excluding hydrogens is 250 g/mol.